The van der Waals surface area contributed by atoms with Crippen LogP contribution in [0.15, 0.2) is 60.7 Å². The van der Waals surface area contributed by atoms with Crippen molar-refractivity contribution < 1.29 is 19.5 Å². The summed E-state index contributed by atoms with van der Waals surface area (Å²) in [5, 5.41) is 10.4. The molecule has 136 valence electrons. The van der Waals surface area contributed by atoms with Crippen molar-refractivity contribution >= 4 is 5.97 Å². The maximum atomic E-state index is 13.5. The van der Waals surface area contributed by atoms with Gasteiger partial charge in [0.1, 0.15) is 12.0 Å². The summed E-state index contributed by atoms with van der Waals surface area (Å²) in [5.74, 6) is 0.120. The predicted octanol–water partition coefficient (Wildman–Crippen LogP) is 1.19. The van der Waals surface area contributed by atoms with Gasteiger partial charge in [0, 0.05) is 18.8 Å². The van der Waals surface area contributed by atoms with Gasteiger partial charge in [0.05, 0.1) is 19.7 Å². The van der Waals surface area contributed by atoms with E-state index in [1.54, 1.807) is 0 Å². The second-order valence-electron chi connectivity index (χ2n) is 7.53. The monoisotopic (exact) mass is 352 g/mol. The maximum Gasteiger partial charge on any atom is 0.323 e. The Kier molecular flexibility index (Phi) is 4.79. The Morgan fingerprint density at radius 3 is 1.96 bits per heavy atom. The van der Waals surface area contributed by atoms with Crippen molar-refractivity contribution in [1.29, 1.82) is 0 Å². The predicted molar refractivity (Wildman–Crippen MR) is 98.9 cm³/mol. The number of aliphatic hydroxyl groups is 1. The smallest absolute Gasteiger partial charge is 0.323 e. The van der Waals surface area contributed by atoms with Crippen LogP contribution < -0.4 is 4.90 Å². The number of piperidine rings is 3. The summed E-state index contributed by atoms with van der Waals surface area (Å²) < 4.78 is 6.07. The largest absolute Gasteiger partial charge is 0.455 e. The van der Waals surface area contributed by atoms with E-state index >= 15 is 0 Å². The second-order valence-corrected chi connectivity index (χ2v) is 7.53. The topological polar surface area (TPSA) is 51.0 Å². The van der Waals surface area contributed by atoms with Crippen molar-refractivity contribution in [3.05, 3.63) is 71.8 Å². The number of esters is 1. The summed E-state index contributed by atoms with van der Waals surface area (Å²) in [6.07, 6.45) is 2.20. The lowest BCUT2D eigenvalue weighted by Gasteiger charge is -2.42. The van der Waals surface area contributed by atoms with Crippen molar-refractivity contribution in [3.63, 3.8) is 0 Å². The highest BCUT2D eigenvalue weighted by Crippen LogP contribution is 2.35. The van der Waals surface area contributed by atoms with Gasteiger partial charge < -0.3 is 14.7 Å². The van der Waals surface area contributed by atoms with E-state index < -0.39 is 5.41 Å². The highest BCUT2D eigenvalue weighted by molar-refractivity contribution is 5.88. The Morgan fingerprint density at radius 2 is 1.54 bits per heavy atom. The number of carbonyl (C=O) groups is 1. The first-order chi connectivity index (χ1) is 12.7. The zero-order valence-electron chi connectivity index (χ0n) is 14.9. The number of ether oxygens (including phenoxy) is 1. The molecule has 3 heterocycles. The highest BCUT2D eigenvalue weighted by atomic mass is 16.5. The number of aliphatic hydroxyl groups excluding tert-OH is 1. The van der Waals surface area contributed by atoms with Crippen LogP contribution in [0.1, 0.15) is 24.0 Å². The van der Waals surface area contributed by atoms with Crippen molar-refractivity contribution in [2.75, 3.05) is 26.2 Å². The summed E-state index contributed by atoms with van der Waals surface area (Å²) in [6.45, 7) is 2.94. The maximum absolute atomic E-state index is 13.5. The Balaban J connectivity index is 1.70. The molecule has 0 aromatic heterocycles. The SMILES string of the molecule is O=C(O[C@H]1C[NH+]2CCC1CC2)C(CO)(c1ccccc1)c1ccccc1. The zero-order valence-corrected chi connectivity index (χ0v) is 14.9. The van der Waals surface area contributed by atoms with Crippen LogP contribution in [0.4, 0.5) is 0 Å². The molecule has 0 saturated carbocycles. The number of rotatable bonds is 5. The van der Waals surface area contributed by atoms with Gasteiger partial charge in [0.25, 0.3) is 0 Å². The molecule has 0 radical (unpaired) electrons. The number of benzene rings is 2. The summed E-state index contributed by atoms with van der Waals surface area (Å²) >= 11 is 0. The number of hydrogen-bond acceptors (Lipinski definition) is 3. The average Bonchev–Trinajstić information content (AvgIpc) is 2.72. The lowest BCUT2D eigenvalue weighted by atomic mass is 9.75. The third-order valence-corrected chi connectivity index (χ3v) is 6.13. The quantitative estimate of drug-likeness (QED) is 0.795. The van der Waals surface area contributed by atoms with Crippen molar-refractivity contribution in [3.8, 4) is 0 Å². The molecule has 5 rings (SSSR count). The third-order valence-electron chi connectivity index (χ3n) is 6.13. The van der Waals surface area contributed by atoms with Crippen LogP contribution in [0.3, 0.4) is 0 Å². The summed E-state index contributed by atoms with van der Waals surface area (Å²) in [4.78, 5) is 15.0. The molecule has 0 aliphatic carbocycles. The minimum Gasteiger partial charge on any atom is -0.455 e. The molecule has 4 nitrogen and oxygen atoms in total. The fourth-order valence-electron chi connectivity index (χ4n) is 4.55. The van der Waals surface area contributed by atoms with Crippen molar-refractivity contribution in [2.45, 2.75) is 24.4 Å². The number of nitrogens with one attached hydrogen (secondary N) is 1. The van der Waals surface area contributed by atoms with Crippen LogP contribution in [-0.2, 0) is 14.9 Å². The molecule has 0 amide bonds. The molecule has 2 bridgehead atoms. The van der Waals surface area contributed by atoms with Gasteiger partial charge in [0.15, 0.2) is 6.10 Å². The zero-order chi connectivity index (χ0) is 18.0. The van der Waals surface area contributed by atoms with Crippen molar-refractivity contribution in [1.82, 2.24) is 0 Å². The molecule has 26 heavy (non-hydrogen) atoms. The molecule has 3 fully saturated rings. The van der Waals surface area contributed by atoms with Crippen LogP contribution in [0, 0.1) is 5.92 Å². The van der Waals surface area contributed by atoms with Gasteiger partial charge in [-0.05, 0) is 11.1 Å². The van der Waals surface area contributed by atoms with E-state index in [-0.39, 0.29) is 18.7 Å². The average molecular weight is 352 g/mol. The van der Waals surface area contributed by atoms with Crippen LogP contribution in [0.2, 0.25) is 0 Å². The summed E-state index contributed by atoms with van der Waals surface area (Å²) in [6, 6.07) is 19.0. The Morgan fingerprint density at radius 1 is 1.00 bits per heavy atom. The molecule has 3 saturated heterocycles. The van der Waals surface area contributed by atoms with E-state index in [4.69, 9.17) is 4.74 Å². The Bertz CT molecular complexity index is 699. The van der Waals surface area contributed by atoms with Gasteiger partial charge in [-0.3, -0.25) is 4.79 Å². The van der Waals surface area contributed by atoms with E-state index in [9.17, 15) is 9.90 Å². The lowest BCUT2D eigenvalue weighted by Crippen LogP contribution is -3.16. The molecule has 0 unspecified atom stereocenters. The van der Waals surface area contributed by atoms with E-state index in [2.05, 4.69) is 0 Å². The molecule has 2 N–H and O–H groups in total. The molecule has 1 atom stereocenters. The van der Waals surface area contributed by atoms with Gasteiger partial charge >= 0.3 is 5.97 Å². The Labute approximate surface area is 154 Å². The third kappa shape index (κ3) is 2.93. The van der Waals surface area contributed by atoms with Gasteiger partial charge in [-0.15, -0.1) is 0 Å². The van der Waals surface area contributed by atoms with Crippen LogP contribution in [-0.4, -0.2) is 43.4 Å². The van der Waals surface area contributed by atoms with Crippen molar-refractivity contribution in [2.24, 2.45) is 5.92 Å². The minimum atomic E-state index is -1.18. The van der Waals surface area contributed by atoms with Crippen LogP contribution in [0.25, 0.3) is 0 Å². The van der Waals surface area contributed by atoms with Gasteiger partial charge in [-0.25, -0.2) is 0 Å². The fraction of sp³-hybridized carbons (Fsp3) is 0.409. The van der Waals surface area contributed by atoms with E-state index in [1.807, 2.05) is 60.7 Å². The molecular formula is C22H26NO3+. The molecule has 2 aromatic rings. The Hall–Kier alpha value is -2.17. The number of quaternary nitrogens is 1. The van der Waals surface area contributed by atoms with Gasteiger partial charge in [0.2, 0.25) is 0 Å². The first-order valence-corrected chi connectivity index (χ1v) is 9.50. The number of fused-ring (bicyclic) bond motifs is 3. The summed E-state index contributed by atoms with van der Waals surface area (Å²) in [5.41, 5.74) is 0.365. The van der Waals surface area contributed by atoms with Gasteiger partial charge in [-0.1, -0.05) is 60.7 Å². The minimum absolute atomic E-state index is 0.0432. The summed E-state index contributed by atoms with van der Waals surface area (Å²) in [7, 11) is 0. The second kappa shape index (κ2) is 7.22. The fourth-order valence-corrected chi connectivity index (χ4v) is 4.55. The first-order valence-electron chi connectivity index (χ1n) is 9.50. The molecule has 4 heteroatoms. The van der Waals surface area contributed by atoms with Crippen LogP contribution in [0.5, 0.6) is 0 Å². The molecular weight excluding hydrogens is 326 g/mol. The number of carbonyl (C=O) groups excluding carboxylic acids is 1. The highest BCUT2D eigenvalue weighted by Gasteiger charge is 2.47. The van der Waals surface area contributed by atoms with E-state index in [1.165, 1.54) is 18.0 Å². The molecule has 0 spiro atoms. The van der Waals surface area contributed by atoms with Gasteiger partial charge in [-0.2, -0.15) is 0 Å². The lowest BCUT2D eigenvalue weighted by molar-refractivity contribution is -0.920. The molecule has 3 aliphatic rings. The number of hydrogen-bond donors (Lipinski definition) is 2. The standard InChI is InChI=1S/C22H25NO3/c24-16-22(18-7-3-1-4-8-18,19-9-5-2-6-10-19)21(25)26-20-15-23-13-11-17(20)12-14-23/h1-10,17,20,24H,11-16H2/p+1/t20-/m0/s1. The first kappa shape index (κ1) is 17.3. The van der Waals surface area contributed by atoms with E-state index in [0.29, 0.717) is 5.92 Å². The van der Waals surface area contributed by atoms with Crippen LogP contribution >= 0.6 is 0 Å². The molecule has 2 aromatic carbocycles. The van der Waals surface area contributed by atoms with E-state index in [0.717, 1.165) is 30.5 Å². The normalized spacial score (nSPS) is 25.0. The molecule has 3 aliphatic heterocycles.